The molecular weight excluding hydrogens is 230 g/mol. The number of nitrogens with zero attached hydrogens (tertiary/aromatic N) is 1. The number of carbonyl (C=O) groups is 2. The molecule has 18 heavy (non-hydrogen) atoms. The monoisotopic (exact) mass is 245 g/mol. The minimum Gasteiger partial charge on any atom is -0.333 e. The number of hydrazine groups is 1. The van der Waals surface area contributed by atoms with E-state index in [1.807, 2.05) is 17.0 Å². The van der Waals surface area contributed by atoms with Crippen LogP contribution in [0.2, 0.25) is 0 Å². The van der Waals surface area contributed by atoms with Gasteiger partial charge in [0.1, 0.15) is 6.04 Å². The lowest BCUT2D eigenvalue weighted by Gasteiger charge is -2.27. The Morgan fingerprint density at radius 2 is 1.89 bits per heavy atom. The van der Waals surface area contributed by atoms with Crippen LogP contribution in [0.3, 0.4) is 0 Å². The molecule has 0 radical (unpaired) electrons. The fourth-order valence-electron chi connectivity index (χ4n) is 2.47. The van der Waals surface area contributed by atoms with E-state index in [0.717, 1.165) is 0 Å². The number of fused-ring (bicyclic) bond motifs is 1. The Bertz CT molecular complexity index is 466. The minimum absolute atomic E-state index is 0.0521. The quantitative estimate of drug-likeness (QED) is 0.748. The van der Waals surface area contributed by atoms with Crippen molar-refractivity contribution in [2.24, 2.45) is 0 Å². The fourth-order valence-corrected chi connectivity index (χ4v) is 2.47. The van der Waals surface area contributed by atoms with Crippen LogP contribution in [0.1, 0.15) is 24.0 Å². The summed E-state index contributed by atoms with van der Waals surface area (Å²) < 4.78 is 0. The summed E-state index contributed by atoms with van der Waals surface area (Å²) in [6, 6.07) is 7.80. The maximum Gasteiger partial charge on any atom is 0.242 e. The van der Waals surface area contributed by atoms with Gasteiger partial charge in [-0.1, -0.05) is 24.3 Å². The molecule has 2 heterocycles. The van der Waals surface area contributed by atoms with Crippen LogP contribution in [0.4, 0.5) is 0 Å². The van der Waals surface area contributed by atoms with Crippen molar-refractivity contribution in [1.29, 1.82) is 0 Å². The van der Waals surface area contributed by atoms with E-state index in [9.17, 15) is 9.59 Å². The topological polar surface area (TPSA) is 61.4 Å². The van der Waals surface area contributed by atoms with Gasteiger partial charge in [0, 0.05) is 19.5 Å². The smallest absolute Gasteiger partial charge is 0.242 e. The van der Waals surface area contributed by atoms with Crippen molar-refractivity contribution in [1.82, 2.24) is 15.8 Å². The molecular formula is C13H15N3O2. The molecule has 1 aromatic rings. The molecule has 5 heteroatoms. The van der Waals surface area contributed by atoms with Crippen LogP contribution >= 0.6 is 0 Å². The van der Waals surface area contributed by atoms with E-state index in [0.29, 0.717) is 25.9 Å². The number of hydrogen-bond donors (Lipinski definition) is 2. The Kier molecular flexibility index (Phi) is 2.76. The number of rotatable bonds is 1. The Balaban J connectivity index is 1.67. The molecule has 1 fully saturated rings. The van der Waals surface area contributed by atoms with Gasteiger partial charge in [-0.25, -0.2) is 5.43 Å². The Morgan fingerprint density at radius 1 is 1.22 bits per heavy atom. The molecule has 1 saturated heterocycles. The average molecular weight is 245 g/mol. The lowest BCUT2D eigenvalue weighted by molar-refractivity contribution is -0.137. The predicted octanol–water partition coefficient (Wildman–Crippen LogP) is 0.312. The van der Waals surface area contributed by atoms with Gasteiger partial charge in [0.15, 0.2) is 0 Å². The first-order chi connectivity index (χ1) is 8.74. The maximum atomic E-state index is 12.3. The molecule has 1 unspecified atom stereocenters. The van der Waals surface area contributed by atoms with Crippen molar-refractivity contribution in [2.45, 2.75) is 32.0 Å². The highest BCUT2D eigenvalue weighted by molar-refractivity contribution is 5.85. The summed E-state index contributed by atoms with van der Waals surface area (Å²) in [5.74, 6) is 0.00922. The summed E-state index contributed by atoms with van der Waals surface area (Å²) in [6.45, 7) is 1.34. The van der Waals surface area contributed by atoms with Crippen molar-refractivity contribution in [3.05, 3.63) is 35.4 Å². The number of nitrogens with one attached hydrogen (secondary N) is 2. The van der Waals surface area contributed by atoms with Crippen molar-refractivity contribution in [3.8, 4) is 0 Å². The summed E-state index contributed by atoms with van der Waals surface area (Å²) in [4.78, 5) is 25.2. The van der Waals surface area contributed by atoms with Crippen molar-refractivity contribution >= 4 is 11.8 Å². The molecule has 0 saturated carbocycles. The van der Waals surface area contributed by atoms with Crippen molar-refractivity contribution in [2.75, 3.05) is 0 Å². The van der Waals surface area contributed by atoms with E-state index in [2.05, 4.69) is 23.0 Å². The van der Waals surface area contributed by atoms with Crippen molar-refractivity contribution < 1.29 is 9.59 Å². The molecule has 1 aromatic carbocycles. The second-order valence-corrected chi connectivity index (χ2v) is 4.75. The SMILES string of the molecule is O=C1CCC(C(=O)N2Cc3ccccc3C2)NN1. The summed E-state index contributed by atoms with van der Waals surface area (Å²) in [7, 11) is 0. The fraction of sp³-hybridized carbons (Fsp3) is 0.385. The van der Waals surface area contributed by atoms with Crippen LogP contribution in [-0.2, 0) is 22.7 Å². The highest BCUT2D eigenvalue weighted by Gasteiger charge is 2.31. The zero-order valence-corrected chi connectivity index (χ0v) is 9.98. The van der Waals surface area contributed by atoms with Gasteiger partial charge in [-0.2, -0.15) is 0 Å². The summed E-state index contributed by atoms with van der Waals surface area (Å²) in [6.07, 6.45) is 0.974. The first-order valence-electron chi connectivity index (χ1n) is 6.14. The minimum atomic E-state index is -0.294. The lowest BCUT2D eigenvalue weighted by atomic mass is 10.1. The second kappa shape index (κ2) is 4.42. The molecule has 0 aliphatic carbocycles. The van der Waals surface area contributed by atoms with Gasteiger partial charge in [-0.15, -0.1) is 0 Å². The number of benzene rings is 1. The van der Waals surface area contributed by atoms with Gasteiger partial charge in [0.25, 0.3) is 0 Å². The summed E-state index contributed by atoms with van der Waals surface area (Å²) in [5.41, 5.74) is 7.73. The van der Waals surface area contributed by atoms with Crippen molar-refractivity contribution in [3.63, 3.8) is 0 Å². The predicted molar refractivity (Wildman–Crippen MR) is 65.0 cm³/mol. The molecule has 2 aliphatic heterocycles. The molecule has 1 atom stereocenters. The molecule has 3 rings (SSSR count). The van der Waals surface area contributed by atoms with E-state index in [1.165, 1.54) is 11.1 Å². The zero-order chi connectivity index (χ0) is 12.5. The summed E-state index contributed by atoms with van der Waals surface area (Å²) in [5, 5.41) is 0. The third-order valence-electron chi connectivity index (χ3n) is 3.50. The van der Waals surface area contributed by atoms with Crippen LogP contribution < -0.4 is 10.9 Å². The van der Waals surface area contributed by atoms with Gasteiger partial charge in [0.2, 0.25) is 11.8 Å². The van der Waals surface area contributed by atoms with Crippen LogP contribution in [0.25, 0.3) is 0 Å². The normalized spacial score (nSPS) is 22.6. The van der Waals surface area contributed by atoms with Gasteiger partial charge in [-0.05, 0) is 17.5 Å². The third kappa shape index (κ3) is 1.97. The molecule has 0 aromatic heterocycles. The highest BCUT2D eigenvalue weighted by Crippen LogP contribution is 2.23. The Hall–Kier alpha value is -1.88. The standard InChI is InChI=1S/C13H15N3O2/c17-12-6-5-11(14-15-12)13(18)16-7-9-3-1-2-4-10(9)8-16/h1-4,11,14H,5-8H2,(H,15,17). The molecule has 5 nitrogen and oxygen atoms in total. The Morgan fingerprint density at radius 3 is 2.44 bits per heavy atom. The lowest BCUT2D eigenvalue weighted by Crippen LogP contribution is -2.55. The Labute approximate surface area is 105 Å². The van der Waals surface area contributed by atoms with Gasteiger partial charge in [-0.3, -0.25) is 15.0 Å². The number of carbonyl (C=O) groups excluding carboxylic acids is 2. The molecule has 0 spiro atoms. The number of amides is 2. The third-order valence-corrected chi connectivity index (χ3v) is 3.50. The first kappa shape index (κ1) is 11.2. The molecule has 94 valence electrons. The first-order valence-corrected chi connectivity index (χ1v) is 6.14. The van der Waals surface area contributed by atoms with E-state index in [4.69, 9.17) is 0 Å². The molecule has 2 amide bonds. The highest BCUT2D eigenvalue weighted by atomic mass is 16.2. The van der Waals surface area contributed by atoms with Gasteiger partial charge in [0.05, 0.1) is 0 Å². The largest absolute Gasteiger partial charge is 0.333 e. The van der Waals surface area contributed by atoms with Crippen LogP contribution in [0.15, 0.2) is 24.3 Å². The number of hydrogen-bond acceptors (Lipinski definition) is 3. The van der Waals surface area contributed by atoms with Gasteiger partial charge >= 0.3 is 0 Å². The van der Waals surface area contributed by atoms with Crippen LogP contribution in [0, 0.1) is 0 Å². The van der Waals surface area contributed by atoms with E-state index in [1.54, 1.807) is 0 Å². The summed E-state index contributed by atoms with van der Waals surface area (Å²) >= 11 is 0. The average Bonchev–Trinajstić information content (AvgIpc) is 2.82. The van der Waals surface area contributed by atoms with E-state index < -0.39 is 0 Å². The zero-order valence-electron chi connectivity index (χ0n) is 9.98. The van der Waals surface area contributed by atoms with E-state index in [-0.39, 0.29) is 17.9 Å². The second-order valence-electron chi connectivity index (χ2n) is 4.75. The van der Waals surface area contributed by atoms with Crippen LogP contribution in [0.5, 0.6) is 0 Å². The maximum absolute atomic E-state index is 12.3. The molecule has 0 bridgehead atoms. The molecule has 2 aliphatic rings. The van der Waals surface area contributed by atoms with Gasteiger partial charge < -0.3 is 4.90 Å². The van der Waals surface area contributed by atoms with Crippen LogP contribution in [-0.4, -0.2) is 22.8 Å². The molecule has 2 N–H and O–H groups in total. The van der Waals surface area contributed by atoms with E-state index >= 15 is 0 Å².